The van der Waals surface area contributed by atoms with Gasteiger partial charge >= 0.3 is 0 Å². The Morgan fingerprint density at radius 2 is 2.06 bits per heavy atom. The van der Waals surface area contributed by atoms with Crippen molar-refractivity contribution in [2.45, 2.75) is 6.42 Å². The fourth-order valence-electron chi connectivity index (χ4n) is 1.44. The molecular weight excluding hydrogens is 216 g/mol. The summed E-state index contributed by atoms with van der Waals surface area (Å²) in [6.07, 6.45) is 1.47. The molecule has 2 aromatic rings. The van der Waals surface area contributed by atoms with Crippen LogP contribution in [-0.4, -0.2) is 5.91 Å². The van der Waals surface area contributed by atoms with Gasteiger partial charge in [-0.2, -0.15) is 5.26 Å². The third kappa shape index (κ3) is 2.73. The van der Waals surface area contributed by atoms with Gasteiger partial charge in [-0.15, -0.1) is 0 Å². The largest absolute Gasteiger partial charge is 0.464 e. The number of carbonyl (C=O) groups excluding carboxylic acids is 1. The van der Waals surface area contributed by atoms with Crippen molar-refractivity contribution in [1.82, 2.24) is 0 Å². The second-order valence-electron chi connectivity index (χ2n) is 3.44. The van der Waals surface area contributed by atoms with Crippen LogP contribution >= 0.6 is 0 Å². The Bertz CT molecular complexity index is 536. The number of nitrogens with one attached hydrogen (secondary N) is 1. The monoisotopic (exact) mass is 226 g/mol. The van der Waals surface area contributed by atoms with E-state index in [1.807, 2.05) is 24.3 Å². The highest BCUT2D eigenvalue weighted by Crippen LogP contribution is 2.21. The molecule has 84 valence electrons. The first-order valence-electron chi connectivity index (χ1n) is 5.10. The van der Waals surface area contributed by atoms with Gasteiger partial charge < -0.3 is 9.73 Å². The van der Waals surface area contributed by atoms with E-state index < -0.39 is 0 Å². The molecule has 0 bridgehead atoms. The van der Waals surface area contributed by atoms with Gasteiger partial charge in [0.25, 0.3) is 0 Å². The number of amides is 1. The molecule has 0 saturated heterocycles. The van der Waals surface area contributed by atoms with Crippen LogP contribution < -0.4 is 5.32 Å². The SMILES string of the molecule is N#CCC(=O)Nc1ccc(-c2ccco2)cc1. The summed E-state index contributed by atoms with van der Waals surface area (Å²) < 4.78 is 5.25. The molecule has 0 atom stereocenters. The van der Waals surface area contributed by atoms with Gasteiger partial charge in [-0.05, 0) is 36.4 Å². The first-order valence-corrected chi connectivity index (χ1v) is 5.10. The number of hydrogen-bond donors (Lipinski definition) is 1. The Hall–Kier alpha value is -2.54. The lowest BCUT2D eigenvalue weighted by Gasteiger charge is -2.03. The van der Waals surface area contributed by atoms with Crippen LogP contribution in [0.1, 0.15) is 6.42 Å². The normalized spacial score (nSPS) is 9.59. The predicted molar refractivity (Wildman–Crippen MR) is 63.0 cm³/mol. The van der Waals surface area contributed by atoms with Crippen molar-refractivity contribution < 1.29 is 9.21 Å². The summed E-state index contributed by atoms with van der Waals surface area (Å²) in [6.45, 7) is 0. The molecule has 0 unspecified atom stereocenters. The van der Waals surface area contributed by atoms with Gasteiger partial charge in [-0.3, -0.25) is 4.79 Å². The number of benzene rings is 1. The maximum absolute atomic E-state index is 11.2. The van der Waals surface area contributed by atoms with E-state index in [1.165, 1.54) is 0 Å². The van der Waals surface area contributed by atoms with E-state index >= 15 is 0 Å². The summed E-state index contributed by atoms with van der Waals surface area (Å²) in [4.78, 5) is 11.2. The summed E-state index contributed by atoms with van der Waals surface area (Å²) in [5.41, 5.74) is 1.61. The van der Waals surface area contributed by atoms with Gasteiger partial charge in [0.15, 0.2) is 0 Å². The minimum absolute atomic E-state index is 0.139. The lowest BCUT2D eigenvalue weighted by molar-refractivity contribution is -0.115. The zero-order valence-electron chi connectivity index (χ0n) is 9.01. The standard InChI is InChI=1S/C13H10N2O2/c14-8-7-13(16)15-11-5-3-10(4-6-11)12-2-1-9-17-12/h1-6,9H,7H2,(H,15,16). The number of rotatable bonds is 3. The average Bonchev–Trinajstić information content (AvgIpc) is 2.84. The molecule has 1 N–H and O–H groups in total. The molecule has 1 heterocycles. The van der Waals surface area contributed by atoms with Crippen LogP contribution in [0.4, 0.5) is 5.69 Å². The van der Waals surface area contributed by atoms with Crippen LogP contribution in [0.15, 0.2) is 47.1 Å². The Balaban J connectivity index is 2.09. The van der Waals surface area contributed by atoms with E-state index in [-0.39, 0.29) is 12.3 Å². The summed E-state index contributed by atoms with van der Waals surface area (Å²) in [6, 6.07) is 12.7. The second kappa shape index (κ2) is 4.99. The van der Waals surface area contributed by atoms with E-state index in [1.54, 1.807) is 24.5 Å². The molecule has 2 rings (SSSR count). The molecule has 0 saturated carbocycles. The third-order valence-electron chi connectivity index (χ3n) is 2.21. The zero-order chi connectivity index (χ0) is 12.1. The highest BCUT2D eigenvalue weighted by Gasteiger charge is 2.03. The number of nitriles is 1. The van der Waals surface area contributed by atoms with E-state index in [0.29, 0.717) is 5.69 Å². The van der Waals surface area contributed by atoms with E-state index in [4.69, 9.17) is 9.68 Å². The van der Waals surface area contributed by atoms with Gasteiger partial charge in [-0.1, -0.05) is 0 Å². The number of carbonyl (C=O) groups is 1. The zero-order valence-corrected chi connectivity index (χ0v) is 9.01. The maximum atomic E-state index is 11.2. The van der Waals surface area contributed by atoms with Crippen molar-refractivity contribution in [3.8, 4) is 17.4 Å². The average molecular weight is 226 g/mol. The summed E-state index contributed by atoms with van der Waals surface area (Å²) in [5.74, 6) is 0.471. The van der Waals surface area contributed by atoms with Crippen LogP contribution in [0, 0.1) is 11.3 Å². The van der Waals surface area contributed by atoms with Gasteiger partial charge in [0, 0.05) is 11.3 Å². The Morgan fingerprint density at radius 3 is 2.65 bits per heavy atom. The Labute approximate surface area is 98.5 Å². The predicted octanol–water partition coefficient (Wildman–Crippen LogP) is 2.80. The number of hydrogen-bond acceptors (Lipinski definition) is 3. The molecule has 4 heteroatoms. The van der Waals surface area contributed by atoms with Gasteiger partial charge in [0.05, 0.1) is 12.3 Å². The highest BCUT2D eigenvalue weighted by molar-refractivity contribution is 5.92. The van der Waals surface area contributed by atoms with E-state index in [2.05, 4.69) is 5.32 Å². The fraction of sp³-hybridized carbons (Fsp3) is 0.0769. The smallest absolute Gasteiger partial charge is 0.238 e. The summed E-state index contributed by atoms with van der Waals surface area (Å²) in [5, 5.41) is 11.0. The molecule has 0 aliphatic carbocycles. The van der Waals surface area contributed by atoms with Crippen molar-refractivity contribution in [2.24, 2.45) is 0 Å². The van der Waals surface area contributed by atoms with Crippen LogP contribution in [0.2, 0.25) is 0 Å². The lowest BCUT2D eigenvalue weighted by atomic mass is 10.1. The van der Waals surface area contributed by atoms with Gasteiger partial charge in [-0.25, -0.2) is 0 Å². The van der Waals surface area contributed by atoms with Crippen LogP contribution in [-0.2, 0) is 4.79 Å². The van der Waals surface area contributed by atoms with Crippen LogP contribution in [0.3, 0.4) is 0 Å². The molecule has 0 radical (unpaired) electrons. The van der Waals surface area contributed by atoms with Gasteiger partial charge in [0.2, 0.25) is 5.91 Å². The molecule has 17 heavy (non-hydrogen) atoms. The van der Waals surface area contributed by atoms with Crippen LogP contribution in [0.5, 0.6) is 0 Å². The molecule has 1 aromatic carbocycles. The summed E-state index contributed by atoms with van der Waals surface area (Å²) in [7, 11) is 0. The second-order valence-corrected chi connectivity index (χ2v) is 3.44. The maximum Gasteiger partial charge on any atom is 0.238 e. The summed E-state index contributed by atoms with van der Waals surface area (Å²) >= 11 is 0. The minimum atomic E-state index is -0.307. The van der Waals surface area contributed by atoms with E-state index in [0.717, 1.165) is 11.3 Å². The molecule has 4 nitrogen and oxygen atoms in total. The quantitative estimate of drug-likeness (QED) is 0.875. The highest BCUT2D eigenvalue weighted by atomic mass is 16.3. The first-order chi connectivity index (χ1) is 8.29. The third-order valence-corrected chi connectivity index (χ3v) is 2.21. The topological polar surface area (TPSA) is 66.0 Å². The minimum Gasteiger partial charge on any atom is -0.464 e. The Morgan fingerprint density at radius 1 is 1.29 bits per heavy atom. The van der Waals surface area contributed by atoms with Crippen molar-refractivity contribution in [1.29, 1.82) is 5.26 Å². The number of furan rings is 1. The van der Waals surface area contributed by atoms with Gasteiger partial charge in [0.1, 0.15) is 12.2 Å². The molecule has 0 aliphatic heterocycles. The number of anilines is 1. The van der Waals surface area contributed by atoms with Crippen LogP contribution in [0.25, 0.3) is 11.3 Å². The first kappa shape index (κ1) is 11.0. The Kier molecular flexibility index (Phi) is 3.22. The number of nitrogens with zero attached hydrogens (tertiary/aromatic N) is 1. The molecule has 0 spiro atoms. The molecule has 0 aliphatic rings. The van der Waals surface area contributed by atoms with E-state index in [9.17, 15) is 4.79 Å². The van der Waals surface area contributed by atoms with Crippen molar-refractivity contribution in [3.05, 3.63) is 42.7 Å². The van der Waals surface area contributed by atoms with Crippen molar-refractivity contribution >= 4 is 11.6 Å². The molecule has 1 amide bonds. The van der Waals surface area contributed by atoms with Crippen molar-refractivity contribution in [2.75, 3.05) is 5.32 Å². The lowest BCUT2D eigenvalue weighted by Crippen LogP contribution is -2.09. The molecular formula is C13H10N2O2. The molecule has 0 fully saturated rings. The van der Waals surface area contributed by atoms with Crippen molar-refractivity contribution in [3.63, 3.8) is 0 Å². The fourth-order valence-corrected chi connectivity index (χ4v) is 1.44. The molecule has 1 aromatic heterocycles.